The molecule has 0 aliphatic carbocycles. The molecule has 0 bridgehead atoms. The fraction of sp³-hybridized carbons (Fsp3) is 0.818. The van der Waals surface area contributed by atoms with Gasteiger partial charge in [-0.15, -0.1) is 0 Å². The van der Waals surface area contributed by atoms with E-state index in [9.17, 15) is 0 Å². The van der Waals surface area contributed by atoms with Crippen LogP contribution in [0.4, 0.5) is 0 Å². The Labute approximate surface area is 81.1 Å². The van der Waals surface area contributed by atoms with Gasteiger partial charge in [-0.2, -0.15) is 0 Å². The lowest BCUT2D eigenvalue weighted by Gasteiger charge is -2.23. The quantitative estimate of drug-likeness (QED) is 0.729. The van der Waals surface area contributed by atoms with Crippen molar-refractivity contribution >= 4 is 0 Å². The fourth-order valence-electron chi connectivity index (χ4n) is 2.21. The Balaban J connectivity index is 2.68. The molecule has 1 rings (SSSR count). The van der Waals surface area contributed by atoms with Gasteiger partial charge >= 0.3 is 0 Å². The predicted molar refractivity (Wildman–Crippen MR) is 55.3 cm³/mol. The van der Waals surface area contributed by atoms with Crippen molar-refractivity contribution in [1.29, 1.82) is 0 Å². The molecule has 3 atom stereocenters. The van der Waals surface area contributed by atoms with E-state index in [0.717, 1.165) is 18.6 Å². The van der Waals surface area contributed by atoms with E-state index in [-0.39, 0.29) is 12.1 Å². The fourth-order valence-corrected chi connectivity index (χ4v) is 2.21. The summed E-state index contributed by atoms with van der Waals surface area (Å²) in [7, 11) is 0. The van der Waals surface area contributed by atoms with Crippen LogP contribution in [0.2, 0.25) is 0 Å². The third-order valence-electron chi connectivity index (χ3n) is 3.01. The molecule has 0 saturated carbocycles. The highest BCUT2D eigenvalue weighted by Gasteiger charge is 2.33. The molecule has 0 aromatic rings. The van der Waals surface area contributed by atoms with E-state index < -0.39 is 0 Å². The molecule has 0 aromatic heterocycles. The number of ether oxygens (including phenoxy) is 1. The van der Waals surface area contributed by atoms with Gasteiger partial charge in [0.15, 0.2) is 0 Å². The first-order chi connectivity index (χ1) is 6.07. The normalized spacial score (nSPS) is 30.5. The minimum atomic E-state index is 0.262. The minimum absolute atomic E-state index is 0.262. The first kappa shape index (κ1) is 10.6. The van der Waals surface area contributed by atoms with Crippen molar-refractivity contribution in [2.24, 2.45) is 11.7 Å². The summed E-state index contributed by atoms with van der Waals surface area (Å²) in [6.07, 6.45) is 2.50. The van der Waals surface area contributed by atoms with Crippen LogP contribution in [0.3, 0.4) is 0 Å². The number of rotatable bonds is 3. The first-order valence-electron chi connectivity index (χ1n) is 5.17. The van der Waals surface area contributed by atoms with Crippen molar-refractivity contribution in [2.45, 2.75) is 52.7 Å². The van der Waals surface area contributed by atoms with E-state index in [1.807, 2.05) is 6.92 Å². The Morgan fingerprint density at radius 1 is 1.46 bits per heavy atom. The minimum Gasteiger partial charge on any atom is -0.495 e. The molecule has 13 heavy (non-hydrogen) atoms. The van der Waals surface area contributed by atoms with Crippen molar-refractivity contribution in [2.75, 3.05) is 0 Å². The zero-order chi connectivity index (χ0) is 10.0. The molecule has 0 radical (unpaired) electrons. The van der Waals surface area contributed by atoms with Crippen LogP contribution in [0.5, 0.6) is 0 Å². The predicted octanol–water partition coefficient (Wildman–Crippen LogP) is 2.44. The third-order valence-corrected chi connectivity index (χ3v) is 3.01. The zero-order valence-corrected chi connectivity index (χ0v) is 9.13. The van der Waals surface area contributed by atoms with E-state index in [2.05, 4.69) is 20.8 Å². The molecule has 2 N–H and O–H groups in total. The molecule has 0 amide bonds. The van der Waals surface area contributed by atoms with Crippen molar-refractivity contribution in [3.8, 4) is 0 Å². The van der Waals surface area contributed by atoms with Crippen LogP contribution in [0.1, 0.15) is 40.5 Å². The molecule has 3 unspecified atom stereocenters. The van der Waals surface area contributed by atoms with Gasteiger partial charge in [-0.05, 0) is 32.8 Å². The number of hydrogen-bond acceptors (Lipinski definition) is 2. The maximum absolute atomic E-state index is 6.12. The van der Waals surface area contributed by atoms with Gasteiger partial charge in [0.05, 0.1) is 5.76 Å². The highest BCUT2D eigenvalue weighted by atomic mass is 16.5. The van der Waals surface area contributed by atoms with Crippen LogP contribution in [0, 0.1) is 5.92 Å². The summed E-state index contributed by atoms with van der Waals surface area (Å²) >= 11 is 0. The summed E-state index contributed by atoms with van der Waals surface area (Å²) in [4.78, 5) is 0. The molecule has 0 aromatic carbocycles. The average molecular weight is 183 g/mol. The van der Waals surface area contributed by atoms with Gasteiger partial charge in [-0.25, -0.2) is 0 Å². The molecule has 0 saturated heterocycles. The monoisotopic (exact) mass is 183 g/mol. The van der Waals surface area contributed by atoms with Crippen molar-refractivity contribution < 1.29 is 4.74 Å². The van der Waals surface area contributed by atoms with Gasteiger partial charge in [0.2, 0.25) is 0 Å². The number of hydrogen-bond donors (Lipinski definition) is 1. The molecule has 1 aliphatic heterocycles. The summed E-state index contributed by atoms with van der Waals surface area (Å²) in [5, 5.41) is 0. The van der Waals surface area contributed by atoms with E-state index in [1.54, 1.807) is 0 Å². The SMILES string of the molecule is CCCC(N)C1C(C)=C(C)OC1C. The maximum atomic E-state index is 6.12. The van der Waals surface area contributed by atoms with Crippen LogP contribution >= 0.6 is 0 Å². The largest absolute Gasteiger partial charge is 0.495 e. The molecule has 0 spiro atoms. The highest BCUT2D eigenvalue weighted by Crippen LogP contribution is 2.33. The van der Waals surface area contributed by atoms with Crippen LogP contribution in [0.25, 0.3) is 0 Å². The van der Waals surface area contributed by atoms with Gasteiger partial charge in [-0.3, -0.25) is 0 Å². The molecule has 0 fully saturated rings. The van der Waals surface area contributed by atoms with Crippen LogP contribution in [-0.4, -0.2) is 12.1 Å². The Morgan fingerprint density at radius 2 is 2.08 bits per heavy atom. The molecule has 1 heterocycles. The average Bonchev–Trinajstić information content (AvgIpc) is 2.27. The van der Waals surface area contributed by atoms with E-state index in [4.69, 9.17) is 10.5 Å². The number of nitrogens with two attached hydrogens (primary N) is 1. The lowest BCUT2D eigenvalue weighted by molar-refractivity contribution is 0.119. The summed E-state index contributed by atoms with van der Waals surface area (Å²) in [6, 6.07) is 0.262. The Bertz CT molecular complexity index is 210. The summed E-state index contributed by atoms with van der Waals surface area (Å²) in [5.74, 6) is 1.50. The van der Waals surface area contributed by atoms with Gasteiger partial charge in [0.25, 0.3) is 0 Å². The summed E-state index contributed by atoms with van der Waals surface area (Å²) < 4.78 is 5.65. The van der Waals surface area contributed by atoms with Crippen molar-refractivity contribution in [3.63, 3.8) is 0 Å². The molecule has 2 heteroatoms. The summed E-state index contributed by atoms with van der Waals surface area (Å²) in [5.41, 5.74) is 7.46. The van der Waals surface area contributed by atoms with Crippen LogP contribution in [-0.2, 0) is 4.74 Å². The standard InChI is InChI=1S/C11H21NO/c1-5-6-10(12)11-7(2)8(3)13-9(11)4/h9-11H,5-6,12H2,1-4H3. The molecular weight excluding hydrogens is 162 g/mol. The van der Waals surface area contributed by atoms with E-state index in [0.29, 0.717) is 5.92 Å². The van der Waals surface area contributed by atoms with Crippen LogP contribution in [0.15, 0.2) is 11.3 Å². The zero-order valence-electron chi connectivity index (χ0n) is 9.13. The third kappa shape index (κ3) is 2.05. The van der Waals surface area contributed by atoms with Gasteiger partial charge < -0.3 is 10.5 Å². The Kier molecular flexibility index (Phi) is 3.37. The van der Waals surface area contributed by atoms with Crippen molar-refractivity contribution in [3.05, 3.63) is 11.3 Å². The van der Waals surface area contributed by atoms with Gasteiger partial charge in [-0.1, -0.05) is 13.3 Å². The lowest BCUT2D eigenvalue weighted by Crippen LogP contribution is -2.35. The van der Waals surface area contributed by atoms with Crippen LogP contribution < -0.4 is 5.73 Å². The second kappa shape index (κ2) is 4.14. The lowest BCUT2D eigenvalue weighted by atomic mass is 9.87. The van der Waals surface area contributed by atoms with E-state index >= 15 is 0 Å². The number of allylic oxidation sites excluding steroid dienone is 1. The molecule has 1 aliphatic rings. The summed E-state index contributed by atoms with van der Waals surface area (Å²) in [6.45, 7) is 8.45. The highest BCUT2D eigenvalue weighted by molar-refractivity contribution is 5.17. The smallest absolute Gasteiger partial charge is 0.103 e. The first-order valence-corrected chi connectivity index (χ1v) is 5.17. The van der Waals surface area contributed by atoms with Gasteiger partial charge in [0, 0.05) is 12.0 Å². The van der Waals surface area contributed by atoms with Gasteiger partial charge in [0.1, 0.15) is 6.10 Å². The second-order valence-electron chi connectivity index (χ2n) is 4.04. The Hall–Kier alpha value is -0.500. The second-order valence-corrected chi connectivity index (χ2v) is 4.04. The molecule has 2 nitrogen and oxygen atoms in total. The molecule has 76 valence electrons. The topological polar surface area (TPSA) is 35.2 Å². The Morgan fingerprint density at radius 3 is 2.46 bits per heavy atom. The van der Waals surface area contributed by atoms with Crippen molar-refractivity contribution in [1.82, 2.24) is 0 Å². The molecular formula is C11H21NO. The van der Waals surface area contributed by atoms with E-state index in [1.165, 1.54) is 5.57 Å². The maximum Gasteiger partial charge on any atom is 0.103 e.